The summed E-state index contributed by atoms with van der Waals surface area (Å²) in [5.41, 5.74) is 1.08. The molecule has 0 unspecified atom stereocenters. The van der Waals surface area contributed by atoms with Gasteiger partial charge in [0.25, 0.3) is 5.91 Å². The molecular weight excluding hydrogens is 285 g/mol. The van der Waals surface area contributed by atoms with E-state index >= 15 is 0 Å². The number of halogens is 1. The maximum atomic E-state index is 13.9. The van der Waals surface area contributed by atoms with Crippen molar-refractivity contribution in [2.45, 2.75) is 31.3 Å². The largest absolute Gasteiger partial charge is 0.332 e. The van der Waals surface area contributed by atoms with Gasteiger partial charge in [-0.2, -0.15) is 0 Å². The molecule has 1 amide bonds. The van der Waals surface area contributed by atoms with Crippen LogP contribution in [0.15, 0.2) is 53.4 Å². The normalized spacial score (nSPS) is 10.7. The van der Waals surface area contributed by atoms with Crippen molar-refractivity contribution < 1.29 is 9.18 Å². The van der Waals surface area contributed by atoms with Gasteiger partial charge in [0, 0.05) is 17.5 Å². The summed E-state index contributed by atoms with van der Waals surface area (Å²) in [6.07, 6.45) is 0. The number of hydrogen-bond donors (Lipinski definition) is 1. The summed E-state index contributed by atoms with van der Waals surface area (Å²) in [4.78, 5) is 14.8. The third-order valence-electron chi connectivity index (χ3n) is 3.26. The minimum Gasteiger partial charge on any atom is -0.332 e. The maximum Gasteiger partial charge on any atom is 0.257 e. The molecule has 0 saturated heterocycles. The molecule has 0 fully saturated rings. The van der Waals surface area contributed by atoms with E-state index in [-0.39, 0.29) is 17.5 Å². The van der Waals surface area contributed by atoms with Crippen LogP contribution in [0.4, 0.5) is 4.39 Å². The second kappa shape index (κ2) is 6.76. The number of thiol groups is 1. The van der Waals surface area contributed by atoms with E-state index in [1.807, 2.05) is 44.2 Å². The number of amides is 1. The van der Waals surface area contributed by atoms with Gasteiger partial charge >= 0.3 is 0 Å². The third-order valence-corrected chi connectivity index (χ3v) is 3.54. The molecule has 2 aromatic rings. The number of rotatable bonds is 4. The lowest BCUT2D eigenvalue weighted by molar-refractivity contribution is 0.0685. The topological polar surface area (TPSA) is 20.3 Å². The molecular formula is C17H18FNOS. The highest BCUT2D eigenvalue weighted by Gasteiger charge is 2.22. The van der Waals surface area contributed by atoms with Crippen molar-refractivity contribution in [3.05, 3.63) is 65.5 Å². The number of carbonyl (C=O) groups excluding carboxylic acids is 1. The van der Waals surface area contributed by atoms with Crippen LogP contribution >= 0.6 is 12.6 Å². The minimum atomic E-state index is -0.517. The first-order valence-electron chi connectivity index (χ1n) is 6.82. The van der Waals surface area contributed by atoms with E-state index in [4.69, 9.17) is 0 Å². The van der Waals surface area contributed by atoms with Gasteiger partial charge in [0.15, 0.2) is 0 Å². The van der Waals surface area contributed by atoms with Gasteiger partial charge in [0.2, 0.25) is 0 Å². The molecule has 0 heterocycles. The SMILES string of the molecule is CC(C)N(Cc1ccccc1)C(=O)c1cc(S)ccc1F. The van der Waals surface area contributed by atoms with E-state index in [1.54, 1.807) is 4.90 Å². The van der Waals surface area contributed by atoms with Crippen LogP contribution in [0.2, 0.25) is 0 Å². The van der Waals surface area contributed by atoms with Gasteiger partial charge in [-0.3, -0.25) is 4.79 Å². The highest BCUT2D eigenvalue weighted by Crippen LogP contribution is 2.18. The molecule has 0 bridgehead atoms. The molecule has 2 rings (SSSR count). The van der Waals surface area contributed by atoms with Gasteiger partial charge in [-0.25, -0.2) is 4.39 Å². The van der Waals surface area contributed by atoms with Crippen LogP contribution in [0, 0.1) is 5.82 Å². The lowest BCUT2D eigenvalue weighted by Gasteiger charge is -2.27. The standard InChI is InChI=1S/C17H18FNOS/c1-12(2)19(11-13-6-4-3-5-7-13)17(20)15-10-14(21)8-9-16(15)18/h3-10,12,21H,11H2,1-2H3. The molecule has 0 radical (unpaired) electrons. The molecule has 0 aliphatic carbocycles. The zero-order valence-electron chi connectivity index (χ0n) is 12.1. The number of hydrogen-bond acceptors (Lipinski definition) is 2. The number of carbonyl (C=O) groups is 1. The maximum absolute atomic E-state index is 13.9. The lowest BCUT2D eigenvalue weighted by Crippen LogP contribution is -2.36. The van der Waals surface area contributed by atoms with Crippen molar-refractivity contribution in [1.82, 2.24) is 4.90 Å². The Hall–Kier alpha value is -1.81. The molecule has 0 atom stereocenters. The van der Waals surface area contributed by atoms with Crippen molar-refractivity contribution in [3.8, 4) is 0 Å². The van der Waals surface area contributed by atoms with Crippen LogP contribution in [0.25, 0.3) is 0 Å². The fraction of sp³-hybridized carbons (Fsp3) is 0.235. The predicted molar refractivity (Wildman–Crippen MR) is 85.1 cm³/mol. The molecule has 0 aliphatic heterocycles. The first kappa shape index (κ1) is 15.6. The van der Waals surface area contributed by atoms with Crippen LogP contribution in [0.3, 0.4) is 0 Å². The average Bonchev–Trinajstić information content (AvgIpc) is 2.47. The minimum absolute atomic E-state index is 0.0271. The summed E-state index contributed by atoms with van der Waals surface area (Å²) >= 11 is 4.18. The van der Waals surface area contributed by atoms with E-state index in [9.17, 15) is 9.18 Å². The molecule has 4 heteroatoms. The van der Waals surface area contributed by atoms with Crippen molar-refractivity contribution in [2.24, 2.45) is 0 Å². The Kier molecular flexibility index (Phi) is 5.02. The molecule has 0 aromatic heterocycles. The van der Waals surface area contributed by atoms with E-state index in [2.05, 4.69) is 12.6 Å². The Balaban J connectivity index is 2.30. The summed E-state index contributed by atoms with van der Waals surface area (Å²) in [6, 6.07) is 13.9. The zero-order valence-corrected chi connectivity index (χ0v) is 13.0. The highest BCUT2D eigenvalue weighted by atomic mass is 32.1. The van der Waals surface area contributed by atoms with E-state index in [1.165, 1.54) is 18.2 Å². The highest BCUT2D eigenvalue weighted by molar-refractivity contribution is 7.80. The molecule has 0 saturated carbocycles. The number of benzene rings is 2. The van der Waals surface area contributed by atoms with Crippen LogP contribution < -0.4 is 0 Å². The van der Waals surface area contributed by atoms with Gasteiger partial charge in [0.1, 0.15) is 5.82 Å². The van der Waals surface area contributed by atoms with Gasteiger partial charge < -0.3 is 4.90 Å². The van der Waals surface area contributed by atoms with E-state index < -0.39 is 5.82 Å². The van der Waals surface area contributed by atoms with Crippen molar-refractivity contribution in [2.75, 3.05) is 0 Å². The monoisotopic (exact) mass is 303 g/mol. The van der Waals surface area contributed by atoms with Gasteiger partial charge in [-0.1, -0.05) is 30.3 Å². The van der Waals surface area contributed by atoms with Crippen LogP contribution in [-0.2, 0) is 6.54 Å². The van der Waals surface area contributed by atoms with E-state index in [0.717, 1.165) is 5.56 Å². The molecule has 0 spiro atoms. The first-order valence-corrected chi connectivity index (χ1v) is 7.27. The Labute approximate surface area is 130 Å². The second-order valence-electron chi connectivity index (χ2n) is 5.18. The summed E-state index contributed by atoms with van der Waals surface area (Å²) in [6.45, 7) is 4.29. The van der Waals surface area contributed by atoms with Crippen LogP contribution in [0.5, 0.6) is 0 Å². The Morgan fingerprint density at radius 2 is 1.86 bits per heavy atom. The fourth-order valence-corrected chi connectivity index (χ4v) is 2.30. The summed E-state index contributed by atoms with van der Waals surface area (Å²) in [5, 5.41) is 0. The Morgan fingerprint density at radius 3 is 2.48 bits per heavy atom. The van der Waals surface area contributed by atoms with Gasteiger partial charge in [0.05, 0.1) is 5.56 Å². The zero-order chi connectivity index (χ0) is 15.4. The molecule has 0 N–H and O–H groups in total. The van der Waals surface area contributed by atoms with Crippen LogP contribution in [-0.4, -0.2) is 16.8 Å². The fourth-order valence-electron chi connectivity index (χ4n) is 2.10. The predicted octanol–water partition coefficient (Wildman–Crippen LogP) is 4.17. The second-order valence-corrected chi connectivity index (χ2v) is 5.69. The molecule has 2 aromatic carbocycles. The van der Waals surface area contributed by atoms with Crippen molar-refractivity contribution in [1.29, 1.82) is 0 Å². The van der Waals surface area contributed by atoms with Crippen molar-refractivity contribution >= 4 is 18.5 Å². The summed E-state index contributed by atoms with van der Waals surface area (Å²) in [7, 11) is 0. The van der Waals surface area contributed by atoms with Gasteiger partial charge in [-0.15, -0.1) is 12.6 Å². The Bertz CT molecular complexity index is 628. The van der Waals surface area contributed by atoms with Gasteiger partial charge in [-0.05, 0) is 37.6 Å². The molecule has 21 heavy (non-hydrogen) atoms. The summed E-state index contributed by atoms with van der Waals surface area (Å²) < 4.78 is 13.9. The third kappa shape index (κ3) is 3.85. The van der Waals surface area contributed by atoms with Crippen molar-refractivity contribution in [3.63, 3.8) is 0 Å². The smallest absolute Gasteiger partial charge is 0.257 e. The lowest BCUT2D eigenvalue weighted by atomic mass is 10.1. The van der Waals surface area contributed by atoms with E-state index in [0.29, 0.717) is 11.4 Å². The average molecular weight is 303 g/mol. The molecule has 0 aliphatic rings. The summed E-state index contributed by atoms with van der Waals surface area (Å²) in [5.74, 6) is -0.834. The Morgan fingerprint density at radius 1 is 1.19 bits per heavy atom. The molecule has 2 nitrogen and oxygen atoms in total. The van der Waals surface area contributed by atoms with Crippen LogP contribution in [0.1, 0.15) is 29.8 Å². The molecule has 110 valence electrons. The first-order chi connectivity index (χ1) is 9.99. The number of nitrogens with zero attached hydrogens (tertiary/aromatic N) is 1. The quantitative estimate of drug-likeness (QED) is 0.841.